The van der Waals surface area contributed by atoms with Crippen LogP contribution in [-0.4, -0.2) is 11.7 Å². The van der Waals surface area contributed by atoms with Crippen molar-refractivity contribution in [3.8, 4) is 11.1 Å². The average molecular weight is 530 g/mol. The number of furan rings is 1. The summed E-state index contributed by atoms with van der Waals surface area (Å²) in [5.74, 6) is 1.04. The topological polar surface area (TPSA) is 63.9 Å². The molecule has 2 N–H and O–H groups in total. The van der Waals surface area contributed by atoms with Gasteiger partial charge in [0.2, 0.25) is 0 Å². The second kappa shape index (κ2) is 10.6. The Kier molecular flexibility index (Phi) is 6.34. The van der Waals surface area contributed by atoms with E-state index >= 15 is 0 Å². The molecule has 41 heavy (non-hydrogen) atoms. The molecule has 0 aliphatic heterocycles. The molecule has 196 valence electrons. The first-order chi connectivity index (χ1) is 20.2. The van der Waals surface area contributed by atoms with Gasteiger partial charge in [0.05, 0.1) is 6.54 Å². The van der Waals surface area contributed by atoms with Crippen LogP contribution in [0.2, 0.25) is 0 Å². The van der Waals surface area contributed by atoms with Gasteiger partial charge in [-0.2, -0.15) is 0 Å². The molecule has 0 spiro atoms. The third-order valence-electron chi connectivity index (χ3n) is 7.34. The van der Waals surface area contributed by atoms with Crippen molar-refractivity contribution in [2.75, 3.05) is 0 Å². The SMILES string of the molecule is NC(=NC(=NCc1ccccc1)c1ccccc1)c1cccc(-c2ccc3cc4oc5ccccc5c4cc3c2)c1. The van der Waals surface area contributed by atoms with Crippen molar-refractivity contribution >= 4 is 44.4 Å². The lowest BCUT2D eigenvalue weighted by Gasteiger charge is -2.09. The predicted octanol–water partition coefficient (Wildman–Crippen LogP) is 8.76. The normalized spacial score (nSPS) is 12.4. The summed E-state index contributed by atoms with van der Waals surface area (Å²) in [5, 5.41) is 4.55. The summed E-state index contributed by atoms with van der Waals surface area (Å²) in [4.78, 5) is 9.64. The van der Waals surface area contributed by atoms with Crippen LogP contribution in [0.15, 0.2) is 154 Å². The molecular weight excluding hydrogens is 502 g/mol. The maximum atomic E-state index is 6.60. The molecule has 1 heterocycles. The summed E-state index contributed by atoms with van der Waals surface area (Å²) in [6, 6.07) is 47.3. The van der Waals surface area contributed by atoms with Gasteiger partial charge in [-0.25, -0.2) is 4.99 Å². The molecule has 6 aromatic carbocycles. The molecule has 1 aromatic heterocycles. The van der Waals surface area contributed by atoms with Gasteiger partial charge < -0.3 is 10.2 Å². The van der Waals surface area contributed by atoms with Crippen molar-refractivity contribution in [2.24, 2.45) is 15.7 Å². The molecule has 0 aliphatic rings. The lowest BCUT2D eigenvalue weighted by molar-refractivity contribution is 0.669. The Bertz CT molecular complexity index is 2070. The van der Waals surface area contributed by atoms with Gasteiger partial charge in [-0.1, -0.05) is 109 Å². The Morgan fingerprint density at radius 1 is 0.561 bits per heavy atom. The number of para-hydroxylation sites is 1. The Hall–Kier alpha value is -5.48. The molecule has 0 radical (unpaired) electrons. The van der Waals surface area contributed by atoms with E-state index in [2.05, 4.69) is 60.7 Å². The van der Waals surface area contributed by atoms with Crippen LogP contribution in [0, 0.1) is 0 Å². The maximum absolute atomic E-state index is 6.60. The van der Waals surface area contributed by atoms with Gasteiger partial charge in [0, 0.05) is 21.9 Å². The minimum atomic E-state index is 0.426. The number of nitrogens with two attached hydrogens (primary N) is 1. The highest BCUT2D eigenvalue weighted by Gasteiger charge is 2.10. The smallest absolute Gasteiger partial charge is 0.157 e. The summed E-state index contributed by atoms with van der Waals surface area (Å²) in [5.41, 5.74) is 13.5. The largest absolute Gasteiger partial charge is 0.456 e. The van der Waals surface area contributed by atoms with Crippen LogP contribution in [0.3, 0.4) is 0 Å². The van der Waals surface area contributed by atoms with Gasteiger partial charge >= 0.3 is 0 Å². The Balaban J connectivity index is 1.24. The molecule has 0 unspecified atom stereocenters. The summed E-state index contributed by atoms with van der Waals surface area (Å²) in [6.07, 6.45) is 0. The standard InChI is InChI=1S/C37H27N3O/c38-36(40-37(26-12-5-2-6-13-26)39-24-25-10-3-1-4-11-25)30-15-9-14-27(20-30)28-18-19-29-23-35-33(22-31(29)21-28)32-16-7-8-17-34(32)41-35/h1-23H,24H2,(H2,38,39,40). The van der Waals surface area contributed by atoms with Crippen LogP contribution in [-0.2, 0) is 6.54 Å². The van der Waals surface area contributed by atoms with Crippen LogP contribution in [0.25, 0.3) is 43.8 Å². The molecule has 0 atom stereocenters. The zero-order valence-corrected chi connectivity index (χ0v) is 22.4. The molecule has 0 fully saturated rings. The van der Waals surface area contributed by atoms with Gasteiger partial charge in [-0.3, -0.25) is 4.99 Å². The summed E-state index contributed by atoms with van der Waals surface area (Å²) in [7, 11) is 0. The van der Waals surface area contributed by atoms with E-state index in [1.54, 1.807) is 0 Å². The summed E-state index contributed by atoms with van der Waals surface area (Å²) < 4.78 is 6.09. The van der Waals surface area contributed by atoms with E-state index < -0.39 is 0 Å². The second-order valence-electron chi connectivity index (χ2n) is 10.1. The van der Waals surface area contributed by atoms with Crippen molar-refractivity contribution in [3.63, 3.8) is 0 Å². The molecule has 0 bridgehead atoms. The number of fused-ring (bicyclic) bond motifs is 4. The predicted molar refractivity (Wildman–Crippen MR) is 171 cm³/mol. The van der Waals surface area contributed by atoms with Crippen molar-refractivity contribution < 1.29 is 4.42 Å². The van der Waals surface area contributed by atoms with E-state index in [1.165, 1.54) is 0 Å². The van der Waals surface area contributed by atoms with E-state index in [4.69, 9.17) is 20.1 Å². The second-order valence-corrected chi connectivity index (χ2v) is 10.1. The highest BCUT2D eigenvalue weighted by Crippen LogP contribution is 2.34. The fourth-order valence-corrected chi connectivity index (χ4v) is 5.21. The van der Waals surface area contributed by atoms with Gasteiger partial charge in [0.1, 0.15) is 17.0 Å². The fourth-order valence-electron chi connectivity index (χ4n) is 5.21. The lowest BCUT2D eigenvalue weighted by Crippen LogP contribution is -2.16. The third-order valence-corrected chi connectivity index (χ3v) is 7.34. The molecule has 7 aromatic rings. The number of aliphatic imine (C=N–C) groups is 2. The van der Waals surface area contributed by atoms with Crippen molar-refractivity contribution in [1.29, 1.82) is 0 Å². The number of hydrogen-bond acceptors (Lipinski definition) is 2. The maximum Gasteiger partial charge on any atom is 0.157 e. The van der Waals surface area contributed by atoms with E-state index in [0.29, 0.717) is 18.2 Å². The van der Waals surface area contributed by atoms with Crippen molar-refractivity contribution in [2.45, 2.75) is 6.54 Å². The Morgan fingerprint density at radius 2 is 1.29 bits per heavy atom. The molecule has 0 saturated carbocycles. The minimum absolute atomic E-state index is 0.426. The number of rotatable bonds is 5. The molecule has 4 heteroatoms. The summed E-state index contributed by atoms with van der Waals surface area (Å²) >= 11 is 0. The van der Waals surface area contributed by atoms with E-state index in [1.807, 2.05) is 78.9 Å². The highest BCUT2D eigenvalue weighted by atomic mass is 16.3. The molecule has 0 saturated heterocycles. The average Bonchev–Trinajstić information content (AvgIpc) is 3.40. The van der Waals surface area contributed by atoms with Gasteiger partial charge in [0.15, 0.2) is 5.84 Å². The summed E-state index contributed by atoms with van der Waals surface area (Å²) in [6.45, 7) is 0.526. The first kappa shape index (κ1) is 24.6. The minimum Gasteiger partial charge on any atom is -0.456 e. The Morgan fingerprint density at radius 3 is 2.15 bits per heavy atom. The molecule has 4 nitrogen and oxygen atoms in total. The van der Waals surface area contributed by atoms with Crippen LogP contribution in [0.1, 0.15) is 16.7 Å². The zero-order chi connectivity index (χ0) is 27.6. The van der Waals surface area contributed by atoms with Crippen molar-refractivity contribution in [1.82, 2.24) is 0 Å². The first-order valence-electron chi connectivity index (χ1n) is 13.7. The number of hydrogen-bond donors (Lipinski definition) is 1. The van der Waals surface area contributed by atoms with Gasteiger partial charge in [-0.05, 0) is 57.8 Å². The Labute approximate surface area is 238 Å². The van der Waals surface area contributed by atoms with E-state index in [-0.39, 0.29) is 0 Å². The number of nitrogens with zero attached hydrogens (tertiary/aromatic N) is 2. The van der Waals surface area contributed by atoms with Crippen LogP contribution >= 0.6 is 0 Å². The van der Waals surface area contributed by atoms with Crippen LogP contribution < -0.4 is 5.73 Å². The third kappa shape index (κ3) is 4.99. The van der Waals surface area contributed by atoms with E-state index in [9.17, 15) is 0 Å². The molecule has 7 rings (SSSR count). The highest BCUT2D eigenvalue weighted by molar-refractivity contribution is 6.12. The first-order valence-corrected chi connectivity index (χ1v) is 13.7. The van der Waals surface area contributed by atoms with Gasteiger partial charge in [0.25, 0.3) is 0 Å². The fraction of sp³-hybridized carbons (Fsp3) is 0.0270. The molecule has 0 amide bonds. The molecular formula is C37H27N3O. The molecule has 0 aliphatic carbocycles. The zero-order valence-electron chi connectivity index (χ0n) is 22.4. The van der Waals surface area contributed by atoms with E-state index in [0.717, 1.165) is 60.5 Å². The van der Waals surface area contributed by atoms with Gasteiger partial charge in [-0.15, -0.1) is 0 Å². The lowest BCUT2D eigenvalue weighted by atomic mass is 9.98. The van der Waals surface area contributed by atoms with Crippen molar-refractivity contribution in [3.05, 3.63) is 156 Å². The van der Waals surface area contributed by atoms with Crippen LogP contribution in [0.4, 0.5) is 0 Å². The monoisotopic (exact) mass is 529 g/mol. The quantitative estimate of drug-likeness (QED) is 0.179. The number of benzene rings is 6. The number of amidine groups is 2. The van der Waals surface area contributed by atoms with Crippen LogP contribution in [0.5, 0.6) is 0 Å².